The highest BCUT2D eigenvalue weighted by Gasteiger charge is 2.27. The van der Waals surface area contributed by atoms with Crippen molar-refractivity contribution in [3.05, 3.63) is 88.9 Å². The number of ether oxygens (including phenoxy) is 3. The van der Waals surface area contributed by atoms with Crippen LogP contribution in [0.25, 0.3) is 0 Å². The fraction of sp³-hybridized carbons (Fsp3) is 0.296. The lowest BCUT2D eigenvalue weighted by molar-refractivity contribution is 0.0213. The molecule has 35 heavy (non-hydrogen) atoms. The van der Waals surface area contributed by atoms with Gasteiger partial charge in [0.05, 0.1) is 5.71 Å². The molecule has 0 saturated carbocycles. The van der Waals surface area contributed by atoms with Gasteiger partial charge in [0.25, 0.3) is 0 Å². The molecular weight excluding hydrogens is 468 g/mol. The number of rotatable bonds is 10. The predicted octanol–water partition coefficient (Wildman–Crippen LogP) is 4.50. The summed E-state index contributed by atoms with van der Waals surface area (Å²) >= 11 is 6.42. The van der Waals surface area contributed by atoms with E-state index in [0.29, 0.717) is 31.1 Å². The highest BCUT2D eigenvalue weighted by molar-refractivity contribution is 6.31. The molecule has 0 amide bonds. The zero-order valence-electron chi connectivity index (χ0n) is 19.2. The van der Waals surface area contributed by atoms with Crippen LogP contribution in [0, 0.1) is 0 Å². The molecular formula is C27H27ClN2O5. The van der Waals surface area contributed by atoms with Gasteiger partial charge in [0.2, 0.25) is 6.79 Å². The molecule has 182 valence electrons. The van der Waals surface area contributed by atoms with E-state index < -0.39 is 6.10 Å². The number of oxime groups is 1. The first-order chi connectivity index (χ1) is 17.1. The summed E-state index contributed by atoms with van der Waals surface area (Å²) in [6.45, 7) is 1.97. The molecule has 0 aromatic heterocycles. The van der Waals surface area contributed by atoms with Crippen molar-refractivity contribution in [1.29, 1.82) is 0 Å². The quantitative estimate of drug-likeness (QED) is 0.447. The number of para-hydroxylation sites is 1. The Kier molecular flexibility index (Phi) is 7.37. The van der Waals surface area contributed by atoms with Gasteiger partial charge in [-0.3, -0.25) is 4.90 Å². The van der Waals surface area contributed by atoms with E-state index in [1.165, 1.54) is 0 Å². The molecule has 2 heterocycles. The summed E-state index contributed by atoms with van der Waals surface area (Å²) in [6.07, 6.45) is -0.191. The lowest BCUT2D eigenvalue weighted by atomic mass is 10.0. The van der Waals surface area contributed by atoms with Crippen LogP contribution < -0.4 is 14.2 Å². The summed E-state index contributed by atoms with van der Waals surface area (Å²) in [7, 11) is 0. The molecule has 8 heteroatoms. The van der Waals surface area contributed by atoms with Crippen molar-refractivity contribution in [2.24, 2.45) is 5.16 Å². The molecule has 2 aliphatic heterocycles. The number of benzene rings is 3. The normalized spacial score (nSPS) is 17.2. The van der Waals surface area contributed by atoms with Crippen LogP contribution in [0.2, 0.25) is 5.02 Å². The van der Waals surface area contributed by atoms with E-state index in [1.54, 1.807) is 0 Å². The van der Waals surface area contributed by atoms with Crippen LogP contribution in [0.3, 0.4) is 0 Å². The minimum absolute atomic E-state index is 0.153. The fourth-order valence-electron chi connectivity index (χ4n) is 4.19. The average Bonchev–Trinajstić information content (AvgIpc) is 3.54. The first-order valence-electron chi connectivity index (χ1n) is 11.6. The lowest BCUT2D eigenvalue weighted by Gasteiger charge is -2.27. The maximum absolute atomic E-state index is 10.7. The first kappa shape index (κ1) is 23.5. The number of aliphatic hydroxyl groups excluding tert-OH is 1. The molecule has 1 N–H and O–H groups in total. The Morgan fingerprint density at radius 1 is 1.03 bits per heavy atom. The number of nitrogens with zero attached hydrogens (tertiary/aromatic N) is 2. The molecule has 0 aliphatic carbocycles. The SMILES string of the molecule is O[C@H](COc1ccccc1)CN(Cc1ccccc1Cl)C[C@@H]1CC(c2ccc3c(c2)OCO3)=NO1. The predicted molar refractivity (Wildman–Crippen MR) is 133 cm³/mol. The third-order valence-corrected chi connectivity index (χ3v) is 6.28. The van der Waals surface area contributed by atoms with Gasteiger partial charge in [0, 0.05) is 36.6 Å². The zero-order valence-corrected chi connectivity index (χ0v) is 19.9. The van der Waals surface area contributed by atoms with Gasteiger partial charge in [-0.1, -0.05) is 53.2 Å². The van der Waals surface area contributed by atoms with E-state index in [1.807, 2.05) is 72.8 Å². The molecule has 0 spiro atoms. The monoisotopic (exact) mass is 494 g/mol. The summed E-state index contributed by atoms with van der Waals surface area (Å²) in [6, 6.07) is 23.0. The maximum Gasteiger partial charge on any atom is 0.231 e. The molecule has 2 atom stereocenters. The molecule has 0 unspecified atom stereocenters. The van der Waals surface area contributed by atoms with E-state index in [-0.39, 0.29) is 19.5 Å². The summed E-state index contributed by atoms with van der Waals surface area (Å²) in [5.74, 6) is 2.18. The molecule has 0 radical (unpaired) electrons. The van der Waals surface area contributed by atoms with Crippen molar-refractivity contribution in [3.63, 3.8) is 0 Å². The Morgan fingerprint density at radius 2 is 1.83 bits per heavy atom. The second-order valence-corrected chi connectivity index (χ2v) is 9.01. The van der Waals surface area contributed by atoms with Crippen molar-refractivity contribution in [2.45, 2.75) is 25.2 Å². The van der Waals surface area contributed by atoms with E-state index in [4.69, 9.17) is 30.6 Å². The Labute approximate surface area is 209 Å². The van der Waals surface area contributed by atoms with Crippen LogP contribution in [-0.2, 0) is 11.4 Å². The van der Waals surface area contributed by atoms with Gasteiger partial charge in [0.15, 0.2) is 11.5 Å². The number of aliphatic hydroxyl groups is 1. The van der Waals surface area contributed by atoms with Crippen molar-refractivity contribution in [2.75, 3.05) is 26.5 Å². The largest absolute Gasteiger partial charge is 0.491 e. The Balaban J connectivity index is 1.22. The van der Waals surface area contributed by atoms with Gasteiger partial charge in [0.1, 0.15) is 24.6 Å². The number of hydrogen-bond acceptors (Lipinski definition) is 7. The molecule has 0 bridgehead atoms. The highest BCUT2D eigenvalue weighted by Crippen LogP contribution is 2.33. The zero-order chi connectivity index (χ0) is 24.0. The Morgan fingerprint density at radius 3 is 2.69 bits per heavy atom. The summed E-state index contributed by atoms with van der Waals surface area (Å²) in [4.78, 5) is 7.91. The van der Waals surface area contributed by atoms with E-state index in [9.17, 15) is 5.11 Å². The van der Waals surface area contributed by atoms with Crippen molar-refractivity contribution < 1.29 is 24.2 Å². The lowest BCUT2D eigenvalue weighted by Crippen LogP contribution is -2.39. The molecule has 5 rings (SSSR count). The van der Waals surface area contributed by atoms with E-state index in [2.05, 4.69) is 10.1 Å². The van der Waals surface area contributed by atoms with Crippen LogP contribution in [0.5, 0.6) is 17.2 Å². The fourth-order valence-corrected chi connectivity index (χ4v) is 4.39. The molecule has 7 nitrogen and oxygen atoms in total. The van der Waals surface area contributed by atoms with Crippen LogP contribution in [0.15, 0.2) is 78.0 Å². The van der Waals surface area contributed by atoms with Crippen molar-refractivity contribution in [3.8, 4) is 17.2 Å². The molecule has 2 aliphatic rings. The number of hydrogen-bond donors (Lipinski definition) is 1. The van der Waals surface area contributed by atoms with Gasteiger partial charge in [-0.2, -0.15) is 0 Å². The van der Waals surface area contributed by atoms with Crippen LogP contribution in [0.1, 0.15) is 17.5 Å². The highest BCUT2D eigenvalue weighted by atomic mass is 35.5. The third kappa shape index (κ3) is 6.06. The minimum atomic E-state index is -0.687. The van der Waals surface area contributed by atoms with Crippen LogP contribution >= 0.6 is 11.6 Å². The number of fused-ring (bicyclic) bond motifs is 1. The van der Waals surface area contributed by atoms with Gasteiger partial charge in [-0.25, -0.2) is 0 Å². The summed E-state index contributed by atoms with van der Waals surface area (Å²) in [5, 5.41) is 15.7. The van der Waals surface area contributed by atoms with Crippen LogP contribution in [-0.4, -0.2) is 54.4 Å². The van der Waals surface area contributed by atoms with Crippen molar-refractivity contribution >= 4 is 17.3 Å². The van der Waals surface area contributed by atoms with Gasteiger partial charge >= 0.3 is 0 Å². The van der Waals surface area contributed by atoms with E-state index in [0.717, 1.165) is 34.1 Å². The first-order valence-corrected chi connectivity index (χ1v) is 12.0. The molecule has 3 aromatic rings. The van der Waals surface area contributed by atoms with E-state index >= 15 is 0 Å². The molecule has 0 saturated heterocycles. The van der Waals surface area contributed by atoms with Crippen molar-refractivity contribution in [1.82, 2.24) is 4.90 Å². The summed E-state index contributed by atoms with van der Waals surface area (Å²) < 4.78 is 16.6. The minimum Gasteiger partial charge on any atom is -0.491 e. The van der Waals surface area contributed by atoms with Gasteiger partial charge in [-0.05, 0) is 42.0 Å². The average molecular weight is 495 g/mol. The molecule has 0 fully saturated rings. The second-order valence-electron chi connectivity index (χ2n) is 8.60. The summed E-state index contributed by atoms with van der Waals surface area (Å²) in [5.41, 5.74) is 2.80. The second kappa shape index (κ2) is 11.0. The van der Waals surface area contributed by atoms with Crippen LogP contribution in [0.4, 0.5) is 0 Å². The third-order valence-electron chi connectivity index (χ3n) is 5.91. The maximum atomic E-state index is 10.7. The smallest absolute Gasteiger partial charge is 0.231 e. The standard InChI is InChI=1S/C27H27ClN2O5/c28-24-9-5-4-6-20(24)14-30(15-21(31)17-32-22-7-2-1-3-8-22)16-23-13-25(29-35-23)19-10-11-26-27(12-19)34-18-33-26/h1-12,21,23,31H,13-18H2/t21-,23-/m0/s1. The van der Waals surface area contributed by atoms with Gasteiger partial charge < -0.3 is 24.2 Å². The molecule has 3 aromatic carbocycles. The number of halogens is 1. The van der Waals surface area contributed by atoms with Gasteiger partial charge in [-0.15, -0.1) is 0 Å². The Bertz CT molecular complexity index is 1170. The Hall–Kier alpha value is -3.26. The topological polar surface area (TPSA) is 72.8 Å².